The molecule has 1 N–H and O–H groups in total. The van der Waals surface area contributed by atoms with Crippen LogP contribution in [0.2, 0.25) is 10.2 Å². The molecule has 0 fully saturated rings. The molecule has 0 spiro atoms. The smallest absolute Gasteiger partial charge is 0.256 e. The van der Waals surface area contributed by atoms with Gasteiger partial charge in [0.05, 0.1) is 4.99 Å². The Morgan fingerprint density at radius 1 is 1.25 bits per heavy atom. The second-order valence-electron chi connectivity index (χ2n) is 4.02. The normalized spacial score (nSPS) is 10.1. The van der Waals surface area contributed by atoms with Crippen LogP contribution < -0.4 is 5.32 Å². The van der Waals surface area contributed by atoms with Gasteiger partial charge in [0.25, 0.3) is 5.91 Å². The first kappa shape index (κ1) is 14.9. The van der Waals surface area contributed by atoms with Gasteiger partial charge in [0.1, 0.15) is 5.15 Å². The van der Waals surface area contributed by atoms with E-state index < -0.39 is 0 Å². The van der Waals surface area contributed by atoms with Gasteiger partial charge in [-0.25, -0.2) is 4.98 Å². The first-order chi connectivity index (χ1) is 9.56. The van der Waals surface area contributed by atoms with Crippen LogP contribution in [0.5, 0.6) is 0 Å². The molecular formula is C14H10Cl2N2OS. The summed E-state index contributed by atoms with van der Waals surface area (Å²) >= 11 is 16.9. The summed E-state index contributed by atoms with van der Waals surface area (Å²) in [5, 5.41) is 3.45. The van der Waals surface area contributed by atoms with E-state index in [4.69, 9.17) is 35.4 Å². The van der Waals surface area contributed by atoms with Crippen LogP contribution in [0.3, 0.4) is 0 Å². The number of halogens is 2. The van der Waals surface area contributed by atoms with Crippen LogP contribution in [0.1, 0.15) is 15.9 Å². The summed E-state index contributed by atoms with van der Waals surface area (Å²) in [5.74, 6) is -0.242. The van der Waals surface area contributed by atoms with Crippen LogP contribution in [0.4, 0.5) is 0 Å². The number of nitrogens with one attached hydrogen (secondary N) is 1. The van der Waals surface area contributed by atoms with Gasteiger partial charge in [-0.3, -0.25) is 4.79 Å². The third kappa shape index (κ3) is 4.00. The Labute approximate surface area is 131 Å². The summed E-state index contributed by atoms with van der Waals surface area (Å²) in [6.45, 7) is 0. The van der Waals surface area contributed by atoms with Gasteiger partial charge in [-0.1, -0.05) is 53.6 Å². The number of aromatic nitrogens is 1. The Morgan fingerprint density at radius 2 is 1.95 bits per heavy atom. The molecule has 102 valence electrons. The minimum absolute atomic E-state index is 0.242. The molecule has 1 heterocycles. The quantitative estimate of drug-likeness (QED) is 0.691. The number of carbonyl (C=O) groups is 1. The topological polar surface area (TPSA) is 42.0 Å². The van der Waals surface area contributed by atoms with E-state index in [1.54, 1.807) is 36.5 Å². The van der Waals surface area contributed by atoms with E-state index in [1.165, 1.54) is 0 Å². The Balaban J connectivity index is 2.01. The van der Waals surface area contributed by atoms with Crippen molar-refractivity contribution in [3.63, 3.8) is 0 Å². The van der Waals surface area contributed by atoms with Crippen molar-refractivity contribution in [2.24, 2.45) is 0 Å². The number of carbonyl (C=O) groups excluding carboxylic acids is 1. The van der Waals surface area contributed by atoms with Gasteiger partial charge in [0.15, 0.2) is 0 Å². The molecule has 0 aliphatic carbocycles. The van der Waals surface area contributed by atoms with Crippen LogP contribution in [-0.4, -0.2) is 15.9 Å². The van der Waals surface area contributed by atoms with E-state index in [2.05, 4.69) is 10.3 Å². The fourth-order valence-electron chi connectivity index (χ4n) is 1.57. The van der Waals surface area contributed by atoms with Crippen LogP contribution in [-0.2, 0) is 6.42 Å². The van der Waals surface area contributed by atoms with E-state index >= 15 is 0 Å². The molecule has 0 saturated carbocycles. The SMILES string of the molecule is O=C(NC(=S)Cc1cnc(Cl)cc1Cl)c1ccccc1. The lowest BCUT2D eigenvalue weighted by molar-refractivity contribution is 0.0977. The van der Waals surface area contributed by atoms with Crippen molar-refractivity contribution in [3.8, 4) is 0 Å². The highest BCUT2D eigenvalue weighted by atomic mass is 35.5. The number of hydrogen-bond acceptors (Lipinski definition) is 3. The molecule has 20 heavy (non-hydrogen) atoms. The lowest BCUT2D eigenvalue weighted by atomic mass is 10.2. The third-order valence-electron chi connectivity index (χ3n) is 2.54. The Morgan fingerprint density at radius 3 is 2.60 bits per heavy atom. The highest BCUT2D eigenvalue weighted by Gasteiger charge is 2.10. The maximum atomic E-state index is 11.9. The summed E-state index contributed by atoms with van der Waals surface area (Å²) in [6, 6.07) is 10.4. The standard InChI is InChI=1S/C14H10Cl2N2OS/c15-11-7-12(16)17-8-10(11)6-13(20)18-14(19)9-4-2-1-3-5-9/h1-5,7-8H,6H2,(H,18,19,20). The zero-order valence-corrected chi connectivity index (χ0v) is 12.6. The van der Waals surface area contributed by atoms with Crippen LogP contribution in [0, 0.1) is 0 Å². The molecule has 2 rings (SSSR count). The minimum atomic E-state index is -0.242. The lowest BCUT2D eigenvalue weighted by Crippen LogP contribution is -2.30. The fraction of sp³-hybridized carbons (Fsp3) is 0.0714. The van der Waals surface area contributed by atoms with Crippen molar-refractivity contribution in [2.45, 2.75) is 6.42 Å². The molecule has 3 nitrogen and oxygen atoms in total. The maximum absolute atomic E-state index is 11.9. The van der Waals surface area contributed by atoms with Gasteiger partial charge >= 0.3 is 0 Å². The first-order valence-electron chi connectivity index (χ1n) is 5.75. The average Bonchev–Trinajstić information content (AvgIpc) is 2.43. The van der Waals surface area contributed by atoms with Gasteiger partial charge in [-0.15, -0.1) is 0 Å². The number of benzene rings is 1. The van der Waals surface area contributed by atoms with E-state index in [-0.39, 0.29) is 5.91 Å². The van der Waals surface area contributed by atoms with E-state index in [9.17, 15) is 4.79 Å². The van der Waals surface area contributed by atoms with Crippen molar-refractivity contribution in [2.75, 3.05) is 0 Å². The van der Waals surface area contributed by atoms with Gasteiger partial charge in [0.2, 0.25) is 0 Å². The van der Waals surface area contributed by atoms with Crippen molar-refractivity contribution in [3.05, 3.63) is 63.9 Å². The Bertz CT molecular complexity index is 647. The summed E-state index contributed by atoms with van der Waals surface area (Å²) in [5.41, 5.74) is 1.27. The zero-order valence-electron chi connectivity index (χ0n) is 10.3. The lowest BCUT2D eigenvalue weighted by Gasteiger charge is -2.08. The van der Waals surface area contributed by atoms with Gasteiger partial charge in [-0.2, -0.15) is 0 Å². The van der Waals surface area contributed by atoms with Crippen molar-refractivity contribution < 1.29 is 4.79 Å². The summed E-state index contributed by atoms with van der Waals surface area (Å²) < 4.78 is 0. The average molecular weight is 325 g/mol. The zero-order chi connectivity index (χ0) is 14.5. The highest BCUT2D eigenvalue weighted by Crippen LogP contribution is 2.19. The number of rotatable bonds is 3. The second-order valence-corrected chi connectivity index (χ2v) is 5.31. The molecule has 0 saturated heterocycles. The molecular weight excluding hydrogens is 315 g/mol. The van der Waals surface area contributed by atoms with Gasteiger partial charge < -0.3 is 5.32 Å². The molecule has 1 aromatic carbocycles. The van der Waals surface area contributed by atoms with E-state index in [0.29, 0.717) is 27.1 Å². The predicted molar refractivity (Wildman–Crippen MR) is 84.5 cm³/mol. The van der Waals surface area contributed by atoms with Gasteiger partial charge in [0, 0.05) is 23.2 Å². The van der Waals surface area contributed by atoms with E-state index in [0.717, 1.165) is 5.56 Å². The third-order valence-corrected chi connectivity index (χ3v) is 3.34. The minimum Gasteiger partial charge on any atom is -0.316 e. The van der Waals surface area contributed by atoms with Crippen molar-refractivity contribution in [1.29, 1.82) is 0 Å². The molecule has 0 bridgehead atoms. The molecule has 0 aliphatic heterocycles. The maximum Gasteiger partial charge on any atom is 0.256 e. The number of thiocarbonyl (C=S) groups is 1. The molecule has 0 aliphatic rings. The number of pyridine rings is 1. The first-order valence-corrected chi connectivity index (χ1v) is 6.92. The Hall–Kier alpha value is -1.49. The highest BCUT2D eigenvalue weighted by molar-refractivity contribution is 7.80. The predicted octanol–water partition coefficient (Wildman–Crippen LogP) is 3.69. The van der Waals surface area contributed by atoms with Crippen LogP contribution in [0.15, 0.2) is 42.6 Å². The van der Waals surface area contributed by atoms with Crippen LogP contribution in [0.25, 0.3) is 0 Å². The van der Waals surface area contributed by atoms with Crippen LogP contribution >= 0.6 is 35.4 Å². The fourth-order valence-corrected chi connectivity index (χ4v) is 2.25. The summed E-state index contributed by atoms with van der Waals surface area (Å²) in [4.78, 5) is 16.2. The van der Waals surface area contributed by atoms with Gasteiger partial charge in [-0.05, 0) is 23.8 Å². The number of amides is 1. The summed E-state index contributed by atoms with van der Waals surface area (Å²) in [7, 11) is 0. The van der Waals surface area contributed by atoms with E-state index in [1.807, 2.05) is 6.07 Å². The molecule has 1 aromatic heterocycles. The molecule has 0 atom stereocenters. The molecule has 2 aromatic rings. The second kappa shape index (κ2) is 6.79. The summed E-state index contributed by atoms with van der Waals surface area (Å²) in [6.07, 6.45) is 1.88. The number of hydrogen-bond donors (Lipinski definition) is 1. The molecule has 6 heteroatoms. The monoisotopic (exact) mass is 324 g/mol. The Kier molecular flexibility index (Phi) is 5.06. The largest absolute Gasteiger partial charge is 0.316 e. The molecule has 0 unspecified atom stereocenters. The molecule has 0 radical (unpaired) electrons. The van der Waals surface area contributed by atoms with Crippen molar-refractivity contribution in [1.82, 2.24) is 10.3 Å². The van der Waals surface area contributed by atoms with Crippen molar-refractivity contribution >= 4 is 46.3 Å². The number of nitrogens with zero attached hydrogens (tertiary/aromatic N) is 1. The molecule has 1 amide bonds.